The number of aliphatic hydroxyl groups excluding tert-OH is 2. The zero-order valence-electron chi connectivity index (χ0n) is 14.4. The molecule has 1 saturated heterocycles. The van der Waals surface area contributed by atoms with Crippen molar-refractivity contribution in [3.05, 3.63) is 12.4 Å². The van der Waals surface area contributed by atoms with Crippen molar-refractivity contribution >= 4 is 31.7 Å². The molecule has 1 fully saturated rings. The number of hydrogen-bond donors (Lipinski definition) is 7. The van der Waals surface area contributed by atoms with E-state index < -0.39 is 44.1 Å². The van der Waals surface area contributed by atoms with Gasteiger partial charge in [-0.15, -0.1) is 0 Å². The van der Waals surface area contributed by atoms with Crippen molar-refractivity contribution in [3.63, 3.8) is 0 Å². The first-order chi connectivity index (χ1) is 13.0. The molecule has 0 radical (unpaired) electrons. The van der Waals surface area contributed by atoms with Crippen LogP contribution in [0, 0.1) is 0 Å². The molecule has 1 amide bonds. The van der Waals surface area contributed by atoms with Crippen molar-refractivity contribution in [2.24, 2.45) is 5.73 Å². The van der Waals surface area contributed by atoms with Crippen molar-refractivity contribution in [2.45, 2.75) is 37.4 Å². The number of carbonyl (C=O) groups excluding carboxylic acids is 3. The van der Waals surface area contributed by atoms with E-state index in [1.54, 1.807) is 0 Å². The van der Waals surface area contributed by atoms with Gasteiger partial charge in [-0.25, -0.2) is 9.55 Å². The molecule has 1 aliphatic heterocycles. The van der Waals surface area contributed by atoms with E-state index in [-0.39, 0.29) is 25.4 Å². The number of phosphoric ester groups is 1. The van der Waals surface area contributed by atoms with Crippen molar-refractivity contribution in [1.29, 1.82) is 0 Å². The topological polar surface area (TPSA) is 234 Å². The zero-order chi connectivity index (χ0) is 21.3. The Kier molecular flexibility index (Phi) is 9.34. The van der Waals surface area contributed by atoms with E-state index >= 15 is 0 Å². The minimum atomic E-state index is -4.85. The smallest absolute Gasteiger partial charge is 0.388 e. The van der Waals surface area contributed by atoms with E-state index in [0.717, 1.165) is 0 Å². The number of carbonyl (C=O) groups is 3. The molecule has 158 valence electrons. The molecule has 1 aromatic rings. The highest BCUT2D eigenvalue weighted by Gasteiger charge is 2.43. The second-order valence-electron chi connectivity index (χ2n) is 5.45. The van der Waals surface area contributed by atoms with Gasteiger partial charge in [-0.3, -0.25) is 14.1 Å². The van der Waals surface area contributed by atoms with Crippen LogP contribution in [0.2, 0.25) is 0 Å². The van der Waals surface area contributed by atoms with Crippen LogP contribution in [-0.2, 0) is 28.2 Å². The molecule has 0 aromatic carbocycles. The van der Waals surface area contributed by atoms with Gasteiger partial charge < -0.3 is 45.6 Å². The van der Waals surface area contributed by atoms with E-state index in [1.807, 2.05) is 0 Å². The Morgan fingerprint density at radius 2 is 2.14 bits per heavy atom. The van der Waals surface area contributed by atoms with E-state index in [1.165, 1.54) is 12.4 Å². The monoisotopic (exact) mass is 424 g/mol. The number of aromatic amines is 1. The van der Waals surface area contributed by atoms with Crippen LogP contribution in [0.4, 0.5) is 5.95 Å². The molecule has 0 saturated carbocycles. The highest BCUT2D eigenvalue weighted by atomic mass is 31.2. The molecule has 1 unspecified atom stereocenters. The average Bonchev–Trinajstić information content (AvgIpc) is 3.12. The molecule has 8 N–H and O–H groups in total. The van der Waals surface area contributed by atoms with Gasteiger partial charge in [-0.2, -0.15) is 0 Å². The predicted molar refractivity (Wildman–Crippen MR) is 90.4 cm³/mol. The van der Waals surface area contributed by atoms with Gasteiger partial charge in [0.1, 0.15) is 24.6 Å². The Morgan fingerprint density at radius 1 is 1.46 bits per heavy atom. The number of nitrogens with one attached hydrogen (secondary N) is 2. The summed E-state index contributed by atoms with van der Waals surface area (Å²) in [7, 11) is -4.85. The lowest BCUT2D eigenvalue weighted by Gasteiger charge is -2.37. The number of anilines is 1. The van der Waals surface area contributed by atoms with E-state index in [9.17, 15) is 29.2 Å². The number of nitrogens with two attached hydrogens (primary N) is 1. The molecule has 2 rings (SSSR count). The number of Topliss-reactive ketones (excluding diaryl/α,β-unsaturated/α-hetero) is 1. The third kappa shape index (κ3) is 8.22. The first kappa shape index (κ1) is 23.8. The molecule has 2 heterocycles. The van der Waals surface area contributed by atoms with Gasteiger partial charge in [0.15, 0.2) is 6.23 Å². The number of rotatable bonds is 8. The Balaban J connectivity index is 0.000000370. The van der Waals surface area contributed by atoms with Gasteiger partial charge >= 0.3 is 7.82 Å². The number of ether oxygens (including phenoxy) is 1. The quantitative estimate of drug-likeness (QED) is 0.129. The van der Waals surface area contributed by atoms with Crippen molar-refractivity contribution < 1.29 is 48.2 Å². The molecule has 14 nitrogen and oxygen atoms in total. The minimum absolute atomic E-state index is 0.0706. The number of phosphoric acid groups is 1. The molecule has 28 heavy (non-hydrogen) atoms. The van der Waals surface area contributed by atoms with Crippen LogP contribution in [0.1, 0.15) is 12.8 Å². The summed E-state index contributed by atoms with van der Waals surface area (Å²) in [5.74, 6) is -1.40. The molecule has 15 heteroatoms. The number of H-pyrrole nitrogens is 1. The number of nitrogens with zero attached hydrogens (tertiary/aromatic N) is 1. The van der Waals surface area contributed by atoms with Crippen LogP contribution in [0.5, 0.6) is 0 Å². The number of imidazole rings is 1. The van der Waals surface area contributed by atoms with Crippen LogP contribution in [0.15, 0.2) is 12.4 Å². The average molecular weight is 424 g/mol. The molecule has 0 bridgehead atoms. The summed E-state index contributed by atoms with van der Waals surface area (Å²) in [5, 5.41) is 21.8. The maximum atomic E-state index is 10.9. The summed E-state index contributed by atoms with van der Waals surface area (Å²) < 4.78 is 20.5. The third-order valence-electron chi connectivity index (χ3n) is 3.28. The molecular weight excluding hydrogens is 403 g/mol. The Hall–Kier alpha value is -2.19. The molecule has 1 aliphatic rings. The van der Waals surface area contributed by atoms with Crippen LogP contribution < -0.4 is 11.1 Å². The SMILES string of the molecule is NC(=O)C(=O)CCC=O.O=P(O)(O)O[C@H]1C(Nc2ncc[nH]2)OC[C@@H](O)[C@H]1O. The standard InChI is InChI=1S/C8H14N3O7P.C5H7NO3/c12-4-3-17-7(11-8-9-1-2-10-8)6(5(4)13)18-19(14,15)16;6-5(9)4(8)2-1-3-7/h1-2,4-7,12-13H,3H2,(H2,9,10,11)(H2,14,15,16);3H,1-2H2,(H2,6,9)/t4-,5-,6-,7?;/m1./s1. The second-order valence-corrected chi connectivity index (χ2v) is 6.64. The molecule has 1 aromatic heterocycles. The summed E-state index contributed by atoms with van der Waals surface area (Å²) in [6.45, 7) is -0.208. The third-order valence-corrected chi connectivity index (χ3v) is 3.79. The number of ketones is 1. The lowest BCUT2D eigenvalue weighted by molar-refractivity contribution is -0.174. The van der Waals surface area contributed by atoms with Crippen molar-refractivity contribution in [1.82, 2.24) is 9.97 Å². The summed E-state index contributed by atoms with van der Waals surface area (Å²) in [6.07, 6.45) is -1.78. The van der Waals surface area contributed by atoms with Crippen molar-refractivity contribution in [3.8, 4) is 0 Å². The summed E-state index contributed by atoms with van der Waals surface area (Å²) in [5.41, 5.74) is 4.57. The fourth-order valence-electron chi connectivity index (χ4n) is 1.99. The van der Waals surface area contributed by atoms with Crippen LogP contribution in [0.3, 0.4) is 0 Å². The Labute approximate surface area is 158 Å². The van der Waals surface area contributed by atoms with E-state index in [0.29, 0.717) is 6.29 Å². The van der Waals surface area contributed by atoms with Gasteiger partial charge in [0, 0.05) is 25.2 Å². The van der Waals surface area contributed by atoms with Gasteiger partial charge in [-0.05, 0) is 0 Å². The first-order valence-corrected chi connectivity index (χ1v) is 9.32. The van der Waals surface area contributed by atoms with Crippen molar-refractivity contribution in [2.75, 3.05) is 11.9 Å². The largest absolute Gasteiger partial charge is 0.470 e. The fraction of sp³-hybridized carbons (Fsp3) is 0.538. The highest BCUT2D eigenvalue weighted by Crippen LogP contribution is 2.40. The number of amides is 1. The van der Waals surface area contributed by atoms with Gasteiger partial charge in [0.2, 0.25) is 11.7 Å². The summed E-state index contributed by atoms with van der Waals surface area (Å²) in [6, 6.07) is 0. The minimum Gasteiger partial charge on any atom is -0.388 e. The summed E-state index contributed by atoms with van der Waals surface area (Å²) in [4.78, 5) is 54.0. The first-order valence-electron chi connectivity index (χ1n) is 7.79. The van der Waals surface area contributed by atoms with Crippen LogP contribution >= 0.6 is 7.82 Å². The molecule has 0 spiro atoms. The van der Waals surface area contributed by atoms with Gasteiger partial charge in [0.05, 0.1) is 6.61 Å². The van der Waals surface area contributed by atoms with Crippen LogP contribution in [0.25, 0.3) is 0 Å². The van der Waals surface area contributed by atoms with Crippen LogP contribution in [-0.4, -0.2) is 79.1 Å². The Morgan fingerprint density at radius 3 is 2.64 bits per heavy atom. The van der Waals surface area contributed by atoms with E-state index in [4.69, 9.17) is 14.5 Å². The summed E-state index contributed by atoms with van der Waals surface area (Å²) >= 11 is 0. The molecule has 4 atom stereocenters. The lowest BCUT2D eigenvalue weighted by Crippen LogP contribution is -2.56. The maximum Gasteiger partial charge on any atom is 0.470 e. The number of hydrogen-bond acceptors (Lipinski definition) is 10. The van der Waals surface area contributed by atoms with E-state index in [2.05, 4.69) is 25.5 Å². The highest BCUT2D eigenvalue weighted by molar-refractivity contribution is 7.46. The number of aliphatic hydroxyl groups is 2. The number of primary amides is 1. The Bertz CT molecular complexity index is 694. The van der Waals surface area contributed by atoms with Gasteiger partial charge in [-0.1, -0.05) is 0 Å². The maximum absolute atomic E-state index is 10.9. The number of aromatic nitrogens is 2. The second kappa shape index (κ2) is 11.0. The lowest BCUT2D eigenvalue weighted by atomic mass is 10.0. The number of aldehydes is 1. The predicted octanol–water partition coefficient (Wildman–Crippen LogP) is -2.60. The normalized spacial score (nSPS) is 24.6. The molecular formula is C13H21N4O10P. The molecule has 0 aliphatic carbocycles. The fourth-order valence-corrected chi connectivity index (χ4v) is 2.54. The zero-order valence-corrected chi connectivity index (χ0v) is 15.3. The van der Waals surface area contributed by atoms with Gasteiger partial charge in [0.25, 0.3) is 5.91 Å².